The van der Waals surface area contributed by atoms with Crippen molar-refractivity contribution < 1.29 is 0 Å². The van der Waals surface area contributed by atoms with Gasteiger partial charge in [-0.1, -0.05) is 0 Å². The zero-order valence-electron chi connectivity index (χ0n) is 6.76. The van der Waals surface area contributed by atoms with E-state index in [2.05, 4.69) is 25.5 Å². The average Bonchev–Trinajstić information content (AvgIpc) is 2.19. The smallest absolute Gasteiger partial charge is 0.127 e. The zero-order chi connectivity index (χ0) is 8.43. The first-order valence-electron chi connectivity index (χ1n) is 3.54. The van der Waals surface area contributed by atoms with E-state index in [1.807, 2.05) is 14.0 Å². The van der Waals surface area contributed by atoms with Gasteiger partial charge in [-0.05, 0) is 29.4 Å². The molecule has 0 aliphatic heterocycles. The molecule has 1 rings (SSSR count). The van der Waals surface area contributed by atoms with Crippen molar-refractivity contribution in [1.82, 2.24) is 9.55 Å². The van der Waals surface area contributed by atoms with Crippen LogP contribution in [0.5, 0.6) is 0 Å². The van der Waals surface area contributed by atoms with Crippen molar-refractivity contribution in [2.45, 2.75) is 13.3 Å². The normalized spacial score (nSPS) is 10.5. The quantitative estimate of drug-likeness (QED) is 0.804. The maximum Gasteiger partial charge on any atom is 0.127 e. The van der Waals surface area contributed by atoms with Crippen LogP contribution in [0.25, 0.3) is 0 Å². The number of imidazole rings is 1. The summed E-state index contributed by atoms with van der Waals surface area (Å²) in [6, 6.07) is 0. The van der Waals surface area contributed by atoms with Crippen molar-refractivity contribution >= 4 is 15.9 Å². The molecule has 0 fully saturated rings. The molecule has 0 aliphatic rings. The molecule has 0 radical (unpaired) electrons. The summed E-state index contributed by atoms with van der Waals surface area (Å²) in [7, 11) is 2.00. The lowest BCUT2D eigenvalue weighted by atomic mass is 10.4. The number of aromatic nitrogens is 2. The van der Waals surface area contributed by atoms with Gasteiger partial charge in [-0.15, -0.1) is 0 Å². The Bertz CT molecular complexity index is 254. The summed E-state index contributed by atoms with van der Waals surface area (Å²) in [5, 5.41) is 0. The molecule has 0 amide bonds. The molecular weight excluding hydrogens is 206 g/mol. The molecule has 0 aliphatic carbocycles. The number of hydrogen-bond donors (Lipinski definition) is 1. The highest BCUT2D eigenvalue weighted by Crippen LogP contribution is 2.15. The molecule has 0 spiro atoms. The Labute approximate surface area is 74.7 Å². The Morgan fingerprint density at radius 1 is 1.64 bits per heavy atom. The van der Waals surface area contributed by atoms with Gasteiger partial charge in [-0.2, -0.15) is 0 Å². The van der Waals surface area contributed by atoms with E-state index >= 15 is 0 Å². The van der Waals surface area contributed by atoms with Gasteiger partial charge in [-0.25, -0.2) is 4.98 Å². The second kappa shape index (κ2) is 3.36. The number of hydrogen-bond acceptors (Lipinski definition) is 2. The lowest BCUT2D eigenvalue weighted by Gasteiger charge is -1.99. The van der Waals surface area contributed by atoms with Crippen LogP contribution in [0.15, 0.2) is 4.60 Å². The van der Waals surface area contributed by atoms with Crippen molar-refractivity contribution in [3.8, 4) is 0 Å². The van der Waals surface area contributed by atoms with Crippen LogP contribution in [-0.2, 0) is 13.5 Å². The average molecular weight is 218 g/mol. The van der Waals surface area contributed by atoms with E-state index in [4.69, 9.17) is 5.73 Å². The summed E-state index contributed by atoms with van der Waals surface area (Å²) in [4.78, 5) is 4.30. The van der Waals surface area contributed by atoms with Gasteiger partial charge < -0.3 is 10.3 Å². The van der Waals surface area contributed by atoms with Crippen molar-refractivity contribution in [3.63, 3.8) is 0 Å². The fourth-order valence-corrected chi connectivity index (χ4v) is 1.42. The monoisotopic (exact) mass is 217 g/mol. The highest BCUT2D eigenvalue weighted by atomic mass is 79.9. The molecule has 3 nitrogen and oxygen atoms in total. The fraction of sp³-hybridized carbons (Fsp3) is 0.571. The number of nitrogens with zero attached hydrogens (tertiary/aromatic N) is 2. The maximum atomic E-state index is 5.42. The molecule has 0 saturated heterocycles. The summed E-state index contributed by atoms with van der Waals surface area (Å²) in [6.07, 6.45) is 0.836. The van der Waals surface area contributed by atoms with E-state index in [-0.39, 0.29) is 0 Å². The molecule has 1 heterocycles. The topological polar surface area (TPSA) is 43.8 Å². The van der Waals surface area contributed by atoms with Crippen LogP contribution in [0.3, 0.4) is 0 Å². The standard InChI is InChI=1S/C7H12BrN3/c1-5-7(8)10-6(3-4-9)11(5)2/h3-4,9H2,1-2H3. The Morgan fingerprint density at radius 2 is 2.27 bits per heavy atom. The van der Waals surface area contributed by atoms with E-state index < -0.39 is 0 Å². The summed E-state index contributed by atoms with van der Waals surface area (Å²) in [5.74, 6) is 1.04. The SMILES string of the molecule is Cc1c(Br)nc(CCN)n1C. The summed E-state index contributed by atoms with van der Waals surface area (Å²) >= 11 is 3.36. The zero-order valence-corrected chi connectivity index (χ0v) is 8.35. The van der Waals surface area contributed by atoms with Crippen LogP contribution in [0.4, 0.5) is 0 Å². The van der Waals surface area contributed by atoms with Crippen molar-refractivity contribution in [3.05, 3.63) is 16.1 Å². The number of rotatable bonds is 2. The van der Waals surface area contributed by atoms with Gasteiger partial charge in [0.25, 0.3) is 0 Å². The lowest BCUT2D eigenvalue weighted by molar-refractivity contribution is 0.761. The van der Waals surface area contributed by atoms with Gasteiger partial charge >= 0.3 is 0 Å². The molecule has 0 aromatic carbocycles. The second-order valence-corrected chi connectivity index (χ2v) is 3.25. The number of nitrogens with two attached hydrogens (primary N) is 1. The fourth-order valence-electron chi connectivity index (χ4n) is 0.954. The van der Waals surface area contributed by atoms with Gasteiger partial charge in [0.1, 0.15) is 10.4 Å². The van der Waals surface area contributed by atoms with Crippen molar-refractivity contribution in [1.29, 1.82) is 0 Å². The molecule has 0 unspecified atom stereocenters. The van der Waals surface area contributed by atoms with Gasteiger partial charge in [0.15, 0.2) is 0 Å². The van der Waals surface area contributed by atoms with Gasteiger partial charge in [-0.3, -0.25) is 0 Å². The first-order valence-corrected chi connectivity index (χ1v) is 4.34. The third-order valence-electron chi connectivity index (χ3n) is 1.78. The van der Waals surface area contributed by atoms with Crippen LogP contribution in [-0.4, -0.2) is 16.1 Å². The molecule has 0 saturated carbocycles. The van der Waals surface area contributed by atoms with Gasteiger partial charge in [0, 0.05) is 19.2 Å². The van der Waals surface area contributed by atoms with Crippen molar-refractivity contribution in [2.24, 2.45) is 12.8 Å². The minimum absolute atomic E-state index is 0.650. The Hall–Kier alpha value is -0.350. The van der Waals surface area contributed by atoms with Crippen LogP contribution in [0.1, 0.15) is 11.5 Å². The van der Waals surface area contributed by atoms with E-state index in [1.54, 1.807) is 0 Å². The maximum absolute atomic E-state index is 5.42. The largest absolute Gasteiger partial charge is 0.334 e. The molecule has 1 aromatic rings. The van der Waals surface area contributed by atoms with Gasteiger partial charge in [0.2, 0.25) is 0 Å². The molecular formula is C7H12BrN3. The van der Waals surface area contributed by atoms with Crippen LogP contribution in [0, 0.1) is 6.92 Å². The molecule has 4 heteroatoms. The highest BCUT2D eigenvalue weighted by molar-refractivity contribution is 9.10. The molecule has 0 atom stereocenters. The van der Waals surface area contributed by atoms with E-state index in [0.29, 0.717) is 6.54 Å². The Balaban J connectivity index is 2.98. The lowest BCUT2D eigenvalue weighted by Crippen LogP contribution is -2.08. The van der Waals surface area contributed by atoms with Crippen LogP contribution in [0.2, 0.25) is 0 Å². The summed E-state index contributed by atoms with van der Waals surface area (Å²) in [5.41, 5.74) is 6.57. The molecule has 11 heavy (non-hydrogen) atoms. The number of halogens is 1. The second-order valence-electron chi connectivity index (χ2n) is 2.50. The van der Waals surface area contributed by atoms with E-state index in [1.165, 1.54) is 0 Å². The van der Waals surface area contributed by atoms with E-state index in [9.17, 15) is 0 Å². The van der Waals surface area contributed by atoms with Crippen molar-refractivity contribution in [2.75, 3.05) is 6.54 Å². The predicted molar refractivity (Wildman–Crippen MR) is 48.4 cm³/mol. The highest BCUT2D eigenvalue weighted by Gasteiger charge is 2.06. The minimum Gasteiger partial charge on any atom is -0.334 e. The van der Waals surface area contributed by atoms with Crippen LogP contribution < -0.4 is 5.73 Å². The van der Waals surface area contributed by atoms with E-state index in [0.717, 1.165) is 22.5 Å². The first-order chi connectivity index (χ1) is 5.16. The predicted octanol–water partition coefficient (Wildman–Crippen LogP) is 0.992. The Morgan fingerprint density at radius 3 is 2.64 bits per heavy atom. The molecule has 2 N–H and O–H groups in total. The van der Waals surface area contributed by atoms with Crippen LogP contribution >= 0.6 is 15.9 Å². The third kappa shape index (κ3) is 1.62. The molecule has 0 bridgehead atoms. The summed E-state index contributed by atoms with van der Waals surface area (Å²) in [6.45, 7) is 2.67. The van der Waals surface area contributed by atoms with Gasteiger partial charge in [0.05, 0.1) is 0 Å². The molecule has 1 aromatic heterocycles. The Kier molecular flexibility index (Phi) is 2.67. The third-order valence-corrected chi connectivity index (χ3v) is 2.54. The minimum atomic E-state index is 0.650. The first kappa shape index (κ1) is 8.74. The summed E-state index contributed by atoms with van der Waals surface area (Å²) < 4.78 is 2.97. The molecule has 62 valence electrons.